The molecule has 7 heteroatoms. The molecular formula is C15H21F2N3O2. The van der Waals surface area contributed by atoms with E-state index in [4.69, 9.17) is 5.73 Å². The number of anilines is 1. The largest absolute Gasteiger partial charge is 0.435 e. The number of amides is 1. The topological polar surface area (TPSA) is 67.6 Å². The number of hydrogen-bond donors (Lipinski definition) is 2. The zero-order valence-electron chi connectivity index (χ0n) is 12.5. The van der Waals surface area contributed by atoms with Crippen LogP contribution in [-0.4, -0.2) is 43.6 Å². The molecule has 122 valence electrons. The molecule has 1 aromatic carbocycles. The molecule has 1 aliphatic heterocycles. The molecule has 0 spiro atoms. The van der Waals surface area contributed by atoms with E-state index in [0.29, 0.717) is 18.8 Å². The van der Waals surface area contributed by atoms with Crippen LogP contribution in [0.25, 0.3) is 0 Å². The maximum absolute atomic E-state index is 12.0. The summed E-state index contributed by atoms with van der Waals surface area (Å²) < 4.78 is 28.3. The Labute approximate surface area is 128 Å². The molecule has 3 N–H and O–H groups in total. The summed E-state index contributed by atoms with van der Waals surface area (Å²) in [6.07, 6.45) is 0.983. The Morgan fingerprint density at radius 1 is 1.45 bits per heavy atom. The van der Waals surface area contributed by atoms with E-state index in [2.05, 4.69) is 21.9 Å². The van der Waals surface area contributed by atoms with E-state index in [1.807, 2.05) is 0 Å². The average Bonchev–Trinajstić information content (AvgIpc) is 2.82. The van der Waals surface area contributed by atoms with E-state index < -0.39 is 6.61 Å². The van der Waals surface area contributed by atoms with Crippen LogP contribution in [0.1, 0.15) is 13.3 Å². The van der Waals surface area contributed by atoms with Crippen molar-refractivity contribution in [2.24, 2.45) is 11.1 Å². The zero-order valence-corrected chi connectivity index (χ0v) is 12.5. The normalized spacial score (nSPS) is 22.0. The fourth-order valence-corrected chi connectivity index (χ4v) is 2.55. The second-order valence-corrected chi connectivity index (χ2v) is 5.93. The third-order valence-electron chi connectivity index (χ3n) is 3.86. The van der Waals surface area contributed by atoms with Crippen molar-refractivity contribution in [3.8, 4) is 5.75 Å². The van der Waals surface area contributed by atoms with Crippen molar-refractivity contribution in [2.45, 2.75) is 20.0 Å². The number of likely N-dealkylation sites (tertiary alicyclic amines) is 1. The number of rotatable bonds is 6. The predicted molar refractivity (Wildman–Crippen MR) is 79.9 cm³/mol. The van der Waals surface area contributed by atoms with Crippen LogP contribution in [-0.2, 0) is 4.79 Å². The molecule has 2 rings (SSSR count). The molecule has 1 aromatic rings. The van der Waals surface area contributed by atoms with E-state index in [-0.39, 0.29) is 17.1 Å². The number of nitrogens with zero attached hydrogens (tertiary/aromatic N) is 1. The first-order chi connectivity index (χ1) is 10.4. The first-order valence-electron chi connectivity index (χ1n) is 7.17. The predicted octanol–water partition coefficient (Wildman–Crippen LogP) is 1.90. The van der Waals surface area contributed by atoms with Crippen molar-refractivity contribution in [3.63, 3.8) is 0 Å². The molecule has 1 saturated heterocycles. The van der Waals surface area contributed by atoms with Crippen molar-refractivity contribution in [1.29, 1.82) is 0 Å². The average molecular weight is 313 g/mol. The van der Waals surface area contributed by atoms with Gasteiger partial charge in [0.25, 0.3) is 0 Å². The minimum absolute atomic E-state index is 0.0613. The van der Waals surface area contributed by atoms with Crippen LogP contribution in [0, 0.1) is 5.41 Å². The van der Waals surface area contributed by atoms with Crippen LogP contribution < -0.4 is 15.8 Å². The molecule has 1 amide bonds. The summed E-state index contributed by atoms with van der Waals surface area (Å²) in [6.45, 7) is 1.82. The highest BCUT2D eigenvalue weighted by Crippen LogP contribution is 2.28. The van der Waals surface area contributed by atoms with Crippen LogP contribution in [0.3, 0.4) is 0 Å². The lowest BCUT2D eigenvalue weighted by atomic mass is 9.90. The lowest BCUT2D eigenvalue weighted by molar-refractivity contribution is -0.117. The van der Waals surface area contributed by atoms with Crippen molar-refractivity contribution in [1.82, 2.24) is 4.90 Å². The highest BCUT2D eigenvalue weighted by Gasteiger charge is 2.33. The van der Waals surface area contributed by atoms with Gasteiger partial charge in [0.2, 0.25) is 5.91 Å². The van der Waals surface area contributed by atoms with Crippen molar-refractivity contribution in [2.75, 3.05) is 31.5 Å². The number of carbonyl (C=O) groups is 1. The van der Waals surface area contributed by atoms with Crippen LogP contribution in [0.5, 0.6) is 5.75 Å². The highest BCUT2D eigenvalue weighted by molar-refractivity contribution is 5.92. The van der Waals surface area contributed by atoms with Gasteiger partial charge in [0.05, 0.1) is 6.54 Å². The van der Waals surface area contributed by atoms with Gasteiger partial charge in [-0.25, -0.2) is 0 Å². The fourth-order valence-electron chi connectivity index (χ4n) is 2.55. The lowest BCUT2D eigenvalue weighted by Gasteiger charge is -2.22. The summed E-state index contributed by atoms with van der Waals surface area (Å²) in [5.41, 5.74) is 6.37. The third kappa shape index (κ3) is 4.64. The Balaban J connectivity index is 1.82. The lowest BCUT2D eigenvalue weighted by Crippen LogP contribution is -2.35. The van der Waals surface area contributed by atoms with Crippen LogP contribution >= 0.6 is 0 Å². The van der Waals surface area contributed by atoms with Crippen molar-refractivity contribution >= 4 is 11.6 Å². The molecule has 0 aromatic heterocycles. The smallest absolute Gasteiger partial charge is 0.387 e. The van der Waals surface area contributed by atoms with Gasteiger partial charge in [-0.3, -0.25) is 9.69 Å². The number of carbonyl (C=O) groups excluding carboxylic acids is 1. The fraction of sp³-hybridized carbons (Fsp3) is 0.533. The first-order valence-corrected chi connectivity index (χ1v) is 7.17. The second kappa shape index (κ2) is 7.02. The zero-order chi connectivity index (χ0) is 16.2. The van der Waals surface area contributed by atoms with Crippen LogP contribution in [0.2, 0.25) is 0 Å². The molecule has 1 fully saturated rings. The molecule has 0 aliphatic carbocycles. The number of halogens is 2. The molecule has 22 heavy (non-hydrogen) atoms. The van der Waals surface area contributed by atoms with Gasteiger partial charge < -0.3 is 15.8 Å². The van der Waals surface area contributed by atoms with Crippen molar-refractivity contribution in [3.05, 3.63) is 24.3 Å². The Bertz CT molecular complexity index is 510. The van der Waals surface area contributed by atoms with Gasteiger partial charge in [0, 0.05) is 12.2 Å². The van der Waals surface area contributed by atoms with Crippen LogP contribution in [0.4, 0.5) is 14.5 Å². The van der Waals surface area contributed by atoms with Gasteiger partial charge in [-0.15, -0.1) is 0 Å². The van der Waals surface area contributed by atoms with E-state index in [1.54, 1.807) is 0 Å². The number of benzene rings is 1. The SMILES string of the molecule is CC1(CN)CCN(CC(=O)Nc2ccc(OC(F)F)cc2)C1. The van der Waals surface area contributed by atoms with Gasteiger partial charge in [-0.1, -0.05) is 6.92 Å². The maximum atomic E-state index is 12.0. The molecule has 1 atom stereocenters. The number of alkyl halides is 2. The van der Waals surface area contributed by atoms with E-state index in [0.717, 1.165) is 19.5 Å². The molecule has 0 saturated carbocycles. The summed E-state index contributed by atoms with van der Waals surface area (Å²) in [4.78, 5) is 14.1. The molecule has 1 unspecified atom stereocenters. The first kappa shape index (κ1) is 16.6. The number of nitrogens with one attached hydrogen (secondary N) is 1. The second-order valence-electron chi connectivity index (χ2n) is 5.93. The summed E-state index contributed by atoms with van der Waals surface area (Å²) in [7, 11) is 0. The van der Waals surface area contributed by atoms with E-state index in [1.165, 1.54) is 24.3 Å². The Kier molecular flexibility index (Phi) is 5.31. The summed E-state index contributed by atoms with van der Waals surface area (Å²) >= 11 is 0. The van der Waals surface area contributed by atoms with Gasteiger partial charge in [0.1, 0.15) is 5.75 Å². The monoisotopic (exact) mass is 313 g/mol. The van der Waals surface area contributed by atoms with Gasteiger partial charge >= 0.3 is 6.61 Å². The molecule has 0 bridgehead atoms. The number of hydrogen-bond acceptors (Lipinski definition) is 4. The molecule has 1 aliphatic rings. The summed E-state index contributed by atoms with van der Waals surface area (Å²) in [5.74, 6) is -0.0740. The summed E-state index contributed by atoms with van der Waals surface area (Å²) in [5, 5.41) is 2.74. The van der Waals surface area contributed by atoms with Gasteiger partial charge in [-0.05, 0) is 49.2 Å². The Morgan fingerprint density at radius 3 is 2.68 bits per heavy atom. The van der Waals surface area contributed by atoms with E-state index in [9.17, 15) is 13.6 Å². The summed E-state index contributed by atoms with van der Waals surface area (Å²) in [6, 6.07) is 5.85. The molecule has 1 heterocycles. The maximum Gasteiger partial charge on any atom is 0.387 e. The van der Waals surface area contributed by atoms with Gasteiger partial charge in [-0.2, -0.15) is 8.78 Å². The number of ether oxygens (including phenoxy) is 1. The van der Waals surface area contributed by atoms with E-state index >= 15 is 0 Å². The minimum Gasteiger partial charge on any atom is -0.435 e. The highest BCUT2D eigenvalue weighted by atomic mass is 19.3. The van der Waals surface area contributed by atoms with Crippen molar-refractivity contribution < 1.29 is 18.3 Å². The minimum atomic E-state index is -2.85. The van der Waals surface area contributed by atoms with Gasteiger partial charge in [0.15, 0.2) is 0 Å². The standard InChI is InChI=1S/C15H21F2N3O2/c1-15(9-18)6-7-20(10-15)8-13(21)19-11-2-4-12(5-3-11)22-14(16)17/h2-5,14H,6-10,18H2,1H3,(H,19,21). The Hall–Kier alpha value is -1.73. The quantitative estimate of drug-likeness (QED) is 0.842. The molecule has 5 nitrogen and oxygen atoms in total. The number of nitrogens with two attached hydrogens (primary N) is 1. The third-order valence-corrected chi connectivity index (χ3v) is 3.86. The Morgan fingerprint density at radius 2 is 2.14 bits per heavy atom. The molecule has 0 radical (unpaired) electrons. The molecular weight excluding hydrogens is 292 g/mol. The van der Waals surface area contributed by atoms with Crippen LogP contribution in [0.15, 0.2) is 24.3 Å².